The summed E-state index contributed by atoms with van der Waals surface area (Å²) in [5, 5.41) is 6.87. The summed E-state index contributed by atoms with van der Waals surface area (Å²) >= 11 is 0. The van der Waals surface area contributed by atoms with E-state index in [1.807, 2.05) is 6.92 Å². The van der Waals surface area contributed by atoms with E-state index in [-0.39, 0.29) is 5.82 Å². The van der Waals surface area contributed by atoms with Crippen molar-refractivity contribution in [3.05, 3.63) is 41.8 Å². The highest BCUT2D eigenvalue weighted by atomic mass is 19.1. The summed E-state index contributed by atoms with van der Waals surface area (Å²) in [5.74, 6) is 0.205. The van der Waals surface area contributed by atoms with E-state index in [0.29, 0.717) is 17.9 Å². The van der Waals surface area contributed by atoms with Crippen LogP contribution in [0, 0.1) is 5.82 Å². The average molecular weight is 220 g/mol. The van der Waals surface area contributed by atoms with E-state index in [0.717, 1.165) is 12.1 Å². The van der Waals surface area contributed by atoms with Gasteiger partial charge in [0.25, 0.3) is 0 Å². The molecule has 0 spiro atoms. The maximum Gasteiger partial charge on any atom is 0.174 e. The molecule has 2 rings (SSSR count). The standard InChI is InChI=1S/C12H13FN2O/c1-2-14-7-9-8-15-16-12(9)10-5-3-4-6-11(10)13/h3-6,8,14H,2,7H2,1H3. The Balaban J connectivity index is 2.33. The third kappa shape index (κ3) is 2.12. The van der Waals surface area contributed by atoms with Crippen molar-refractivity contribution in [2.75, 3.05) is 6.54 Å². The number of hydrogen-bond donors (Lipinski definition) is 1. The van der Waals surface area contributed by atoms with Crippen molar-refractivity contribution < 1.29 is 8.91 Å². The number of aromatic nitrogens is 1. The fourth-order valence-electron chi connectivity index (χ4n) is 1.51. The molecule has 4 heteroatoms. The highest BCUT2D eigenvalue weighted by Crippen LogP contribution is 2.25. The summed E-state index contributed by atoms with van der Waals surface area (Å²) < 4.78 is 18.6. The van der Waals surface area contributed by atoms with Crippen LogP contribution in [-0.2, 0) is 6.54 Å². The molecule has 0 saturated carbocycles. The van der Waals surface area contributed by atoms with Gasteiger partial charge in [0, 0.05) is 12.1 Å². The molecule has 0 atom stereocenters. The van der Waals surface area contributed by atoms with Gasteiger partial charge in [-0.25, -0.2) is 4.39 Å². The van der Waals surface area contributed by atoms with Gasteiger partial charge in [-0.3, -0.25) is 0 Å². The first-order valence-corrected chi connectivity index (χ1v) is 5.22. The second-order valence-electron chi connectivity index (χ2n) is 3.44. The molecule has 3 nitrogen and oxygen atoms in total. The van der Waals surface area contributed by atoms with Crippen molar-refractivity contribution in [3.63, 3.8) is 0 Å². The maximum absolute atomic E-state index is 13.5. The predicted molar refractivity (Wildman–Crippen MR) is 59.3 cm³/mol. The van der Waals surface area contributed by atoms with Gasteiger partial charge in [0.05, 0.1) is 11.8 Å². The zero-order chi connectivity index (χ0) is 11.4. The van der Waals surface area contributed by atoms with E-state index in [1.165, 1.54) is 6.07 Å². The SMILES string of the molecule is CCNCc1cnoc1-c1ccccc1F. The monoisotopic (exact) mass is 220 g/mol. The van der Waals surface area contributed by atoms with Crippen LogP contribution in [0.2, 0.25) is 0 Å². The number of benzene rings is 1. The van der Waals surface area contributed by atoms with Gasteiger partial charge in [0.15, 0.2) is 5.76 Å². The molecule has 16 heavy (non-hydrogen) atoms. The molecule has 0 aliphatic rings. The van der Waals surface area contributed by atoms with Crippen molar-refractivity contribution in [3.8, 4) is 11.3 Å². The maximum atomic E-state index is 13.5. The third-order valence-corrected chi connectivity index (χ3v) is 2.33. The molecule has 1 heterocycles. The second kappa shape index (κ2) is 4.90. The Kier molecular flexibility index (Phi) is 3.31. The second-order valence-corrected chi connectivity index (χ2v) is 3.44. The van der Waals surface area contributed by atoms with Crippen LogP contribution in [0.5, 0.6) is 0 Å². The van der Waals surface area contributed by atoms with Gasteiger partial charge in [0.1, 0.15) is 5.82 Å². The molecule has 0 aliphatic heterocycles. The number of halogens is 1. The fourth-order valence-corrected chi connectivity index (χ4v) is 1.51. The highest BCUT2D eigenvalue weighted by Gasteiger charge is 2.13. The normalized spacial score (nSPS) is 10.6. The number of hydrogen-bond acceptors (Lipinski definition) is 3. The van der Waals surface area contributed by atoms with Crippen LogP contribution in [0.1, 0.15) is 12.5 Å². The quantitative estimate of drug-likeness (QED) is 0.860. The van der Waals surface area contributed by atoms with Gasteiger partial charge in [-0.2, -0.15) is 0 Å². The van der Waals surface area contributed by atoms with Crippen LogP contribution >= 0.6 is 0 Å². The zero-order valence-electron chi connectivity index (χ0n) is 9.03. The molecule has 0 radical (unpaired) electrons. The van der Waals surface area contributed by atoms with Crippen molar-refractivity contribution >= 4 is 0 Å². The zero-order valence-corrected chi connectivity index (χ0v) is 9.03. The molecule has 0 amide bonds. The molecule has 0 bridgehead atoms. The van der Waals surface area contributed by atoms with Crippen LogP contribution in [0.3, 0.4) is 0 Å². The van der Waals surface area contributed by atoms with Crippen LogP contribution in [0.15, 0.2) is 35.0 Å². The summed E-state index contributed by atoms with van der Waals surface area (Å²) in [4.78, 5) is 0. The van der Waals surface area contributed by atoms with E-state index >= 15 is 0 Å². The minimum atomic E-state index is -0.294. The molecule has 0 fully saturated rings. The van der Waals surface area contributed by atoms with Crippen LogP contribution in [0.4, 0.5) is 4.39 Å². The molecule has 84 valence electrons. The minimum absolute atomic E-state index is 0.294. The van der Waals surface area contributed by atoms with Gasteiger partial charge in [-0.1, -0.05) is 24.2 Å². The van der Waals surface area contributed by atoms with E-state index in [4.69, 9.17) is 4.52 Å². The van der Waals surface area contributed by atoms with Crippen LogP contribution in [0.25, 0.3) is 11.3 Å². The van der Waals surface area contributed by atoms with Crippen molar-refractivity contribution in [1.29, 1.82) is 0 Å². The Morgan fingerprint density at radius 2 is 2.19 bits per heavy atom. The number of nitrogens with zero attached hydrogens (tertiary/aromatic N) is 1. The molecule has 1 N–H and O–H groups in total. The van der Waals surface area contributed by atoms with Crippen LogP contribution in [-0.4, -0.2) is 11.7 Å². The Morgan fingerprint density at radius 1 is 1.38 bits per heavy atom. The van der Waals surface area contributed by atoms with Crippen molar-refractivity contribution in [2.45, 2.75) is 13.5 Å². The first-order valence-electron chi connectivity index (χ1n) is 5.22. The number of nitrogens with one attached hydrogen (secondary N) is 1. The smallest absolute Gasteiger partial charge is 0.174 e. The molecule has 0 aliphatic carbocycles. The predicted octanol–water partition coefficient (Wildman–Crippen LogP) is 2.59. The Morgan fingerprint density at radius 3 is 2.94 bits per heavy atom. The average Bonchev–Trinajstić information content (AvgIpc) is 2.75. The fraction of sp³-hybridized carbons (Fsp3) is 0.250. The van der Waals surface area contributed by atoms with E-state index in [1.54, 1.807) is 24.4 Å². The summed E-state index contributed by atoms with van der Waals surface area (Å²) in [5.41, 5.74) is 1.32. The molecule has 1 aromatic heterocycles. The van der Waals surface area contributed by atoms with Gasteiger partial charge in [-0.05, 0) is 18.7 Å². The summed E-state index contributed by atoms with van der Waals surface area (Å²) in [6.45, 7) is 3.49. The third-order valence-electron chi connectivity index (χ3n) is 2.33. The van der Waals surface area contributed by atoms with Gasteiger partial charge in [-0.15, -0.1) is 0 Å². The first-order chi connectivity index (χ1) is 7.83. The molecule has 2 aromatic rings. The lowest BCUT2D eigenvalue weighted by Crippen LogP contribution is -2.11. The number of rotatable bonds is 4. The lowest BCUT2D eigenvalue weighted by Gasteiger charge is -2.02. The summed E-state index contributed by atoms with van der Waals surface area (Å²) in [7, 11) is 0. The molecular weight excluding hydrogens is 207 g/mol. The Hall–Kier alpha value is -1.68. The lowest BCUT2D eigenvalue weighted by molar-refractivity contribution is 0.429. The van der Waals surface area contributed by atoms with Crippen LogP contribution < -0.4 is 5.32 Å². The minimum Gasteiger partial charge on any atom is -0.356 e. The van der Waals surface area contributed by atoms with Gasteiger partial charge < -0.3 is 9.84 Å². The summed E-state index contributed by atoms with van der Waals surface area (Å²) in [6.07, 6.45) is 1.62. The lowest BCUT2D eigenvalue weighted by atomic mass is 10.1. The van der Waals surface area contributed by atoms with E-state index < -0.39 is 0 Å². The molecular formula is C12H13FN2O. The highest BCUT2D eigenvalue weighted by molar-refractivity contribution is 5.61. The molecule has 0 saturated heterocycles. The van der Waals surface area contributed by atoms with E-state index in [2.05, 4.69) is 10.5 Å². The van der Waals surface area contributed by atoms with E-state index in [9.17, 15) is 4.39 Å². The Labute approximate surface area is 93.3 Å². The summed E-state index contributed by atoms with van der Waals surface area (Å²) in [6, 6.07) is 6.53. The van der Waals surface area contributed by atoms with Gasteiger partial charge in [0.2, 0.25) is 0 Å². The Bertz CT molecular complexity index is 468. The van der Waals surface area contributed by atoms with Crippen molar-refractivity contribution in [1.82, 2.24) is 10.5 Å². The first kappa shape index (κ1) is 10.8. The largest absolute Gasteiger partial charge is 0.356 e. The molecule has 1 aromatic carbocycles. The van der Waals surface area contributed by atoms with Gasteiger partial charge >= 0.3 is 0 Å². The molecule has 0 unspecified atom stereocenters. The topological polar surface area (TPSA) is 38.1 Å². The van der Waals surface area contributed by atoms with Crippen molar-refractivity contribution in [2.24, 2.45) is 0 Å².